The van der Waals surface area contributed by atoms with E-state index in [2.05, 4.69) is 17.1 Å². The summed E-state index contributed by atoms with van der Waals surface area (Å²) < 4.78 is 0. The van der Waals surface area contributed by atoms with Crippen LogP contribution in [0.1, 0.15) is 61.0 Å². The lowest BCUT2D eigenvalue weighted by Gasteiger charge is -2.03. The van der Waals surface area contributed by atoms with E-state index in [-0.39, 0.29) is 6.04 Å². The molecule has 1 heterocycles. The summed E-state index contributed by atoms with van der Waals surface area (Å²) in [6.45, 7) is 2.08. The monoisotopic (exact) mass is 211 g/mol. The molecule has 2 rings (SSSR count). The molecule has 0 spiro atoms. The van der Waals surface area contributed by atoms with Crippen molar-refractivity contribution in [3.05, 3.63) is 10.0 Å². The zero-order chi connectivity index (χ0) is 9.97. The van der Waals surface area contributed by atoms with E-state index < -0.39 is 0 Å². The molecule has 0 amide bonds. The highest BCUT2D eigenvalue weighted by atomic mass is 32.1. The Bertz CT molecular complexity index is 291. The minimum absolute atomic E-state index is 0.0858. The average Bonchev–Trinajstić information content (AvgIpc) is 2.86. The lowest BCUT2D eigenvalue weighted by atomic mass is 10.1. The lowest BCUT2D eigenvalue weighted by Crippen LogP contribution is -2.07. The molecule has 1 aromatic heterocycles. The van der Waals surface area contributed by atoms with Gasteiger partial charge in [-0.05, 0) is 19.3 Å². The molecule has 2 N–H and O–H groups in total. The molecule has 1 aromatic rings. The van der Waals surface area contributed by atoms with Crippen LogP contribution in [0, 0.1) is 0 Å². The quantitative estimate of drug-likeness (QED) is 0.836. The number of rotatable bonds is 3. The average molecular weight is 211 g/mol. The van der Waals surface area contributed by atoms with Crippen molar-refractivity contribution >= 4 is 11.3 Å². The summed E-state index contributed by atoms with van der Waals surface area (Å²) >= 11 is 1.72. The minimum Gasteiger partial charge on any atom is -0.322 e. The third-order valence-electron chi connectivity index (χ3n) is 2.92. The van der Waals surface area contributed by atoms with Gasteiger partial charge in [-0.2, -0.15) is 0 Å². The van der Waals surface area contributed by atoms with Gasteiger partial charge in [-0.15, -0.1) is 10.2 Å². The Morgan fingerprint density at radius 2 is 2.14 bits per heavy atom. The molecule has 1 atom stereocenters. The van der Waals surface area contributed by atoms with E-state index in [9.17, 15) is 0 Å². The largest absolute Gasteiger partial charge is 0.322 e. The van der Waals surface area contributed by atoms with Gasteiger partial charge in [-0.3, -0.25) is 0 Å². The van der Waals surface area contributed by atoms with E-state index in [1.54, 1.807) is 11.3 Å². The van der Waals surface area contributed by atoms with Crippen molar-refractivity contribution in [2.75, 3.05) is 0 Å². The summed E-state index contributed by atoms with van der Waals surface area (Å²) in [5.41, 5.74) is 5.91. The van der Waals surface area contributed by atoms with Gasteiger partial charge in [0.1, 0.15) is 10.0 Å². The van der Waals surface area contributed by atoms with Crippen molar-refractivity contribution in [2.24, 2.45) is 5.73 Å². The standard InChI is InChI=1S/C10H17N3S/c1-2-8(11)10-13-12-9(14-10)7-5-3-4-6-7/h7-8H,2-6,11H2,1H3. The summed E-state index contributed by atoms with van der Waals surface area (Å²) in [6.07, 6.45) is 6.21. The summed E-state index contributed by atoms with van der Waals surface area (Å²) in [4.78, 5) is 0. The molecule has 3 nitrogen and oxygen atoms in total. The van der Waals surface area contributed by atoms with Crippen LogP contribution >= 0.6 is 11.3 Å². The smallest absolute Gasteiger partial charge is 0.134 e. The predicted molar refractivity (Wildman–Crippen MR) is 58.3 cm³/mol. The first-order valence-corrected chi connectivity index (χ1v) is 6.21. The summed E-state index contributed by atoms with van der Waals surface area (Å²) in [5.74, 6) is 0.672. The highest BCUT2D eigenvalue weighted by Gasteiger charge is 2.21. The van der Waals surface area contributed by atoms with Gasteiger partial charge < -0.3 is 5.73 Å². The fraction of sp³-hybridized carbons (Fsp3) is 0.800. The van der Waals surface area contributed by atoms with Crippen molar-refractivity contribution in [2.45, 2.75) is 51.0 Å². The van der Waals surface area contributed by atoms with E-state index in [4.69, 9.17) is 5.73 Å². The normalized spacial score (nSPS) is 20.1. The van der Waals surface area contributed by atoms with Gasteiger partial charge >= 0.3 is 0 Å². The summed E-state index contributed by atoms with van der Waals surface area (Å²) in [7, 11) is 0. The number of aromatic nitrogens is 2. The first-order valence-electron chi connectivity index (χ1n) is 5.40. The fourth-order valence-electron chi connectivity index (χ4n) is 1.91. The topological polar surface area (TPSA) is 51.8 Å². The lowest BCUT2D eigenvalue weighted by molar-refractivity contribution is 0.672. The maximum atomic E-state index is 5.91. The Labute approximate surface area is 88.7 Å². The summed E-state index contributed by atoms with van der Waals surface area (Å²) in [5, 5.41) is 10.6. The van der Waals surface area contributed by atoms with E-state index in [1.165, 1.54) is 30.7 Å². The van der Waals surface area contributed by atoms with E-state index in [0.29, 0.717) is 5.92 Å². The van der Waals surface area contributed by atoms with Crippen molar-refractivity contribution in [1.29, 1.82) is 0 Å². The predicted octanol–water partition coefficient (Wildman–Crippen LogP) is 2.61. The second kappa shape index (κ2) is 4.36. The molecule has 1 fully saturated rings. The maximum Gasteiger partial charge on any atom is 0.134 e. The molecule has 0 saturated heterocycles. The minimum atomic E-state index is 0.0858. The van der Waals surface area contributed by atoms with Gasteiger partial charge in [-0.25, -0.2) is 0 Å². The Hall–Kier alpha value is -0.480. The van der Waals surface area contributed by atoms with Crippen molar-refractivity contribution in [3.63, 3.8) is 0 Å². The molecular formula is C10H17N3S. The molecule has 1 aliphatic rings. The van der Waals surface area contributed by atoms with Gasteiger partial charge in [-0.1, -0.05) is 31.1 Å². The van der Waals surface area contributed by atoms with Crippen LogP contribution in [0.5, 0.6) is 0 Å². The zero-order valence-corrected chi connectivity index (χ0v) is 9.39. The third kappa shape index (κ3) is 1.96. The molecule has 4 heteroatoms. The number of hydrogen-bond acceptors (Lipinski definition) is 4. The molecule has 1 saturated carbocycles. The third-order valence-corrected chi connectivity index (χ3v) is 4.14. The second-order valence-corrected chi connectivity index (χ2v) is 5.02. The number of hydrogen-bond donors (Lipinski definition) is 1. The van der Waals surface area contributed by atoms with Crippen LogP contribution in [-0.4, -0.2) is 10.2 Å². The number of nitrogens with zero attached hydrogens (tertiary/aromatic N) is 2. The molecule has 1 unspecified atom stereocenters. The highest BCUT2D eigenvalue weighted by molar-refractivity contribution is 7.11. The van der Waals surface area contributed by atoms with Crippen molar-refractivity contribution < 1.29 is 0 Å². The second-order valence-electron chi connectivity index (χ2n) is 3.97. The van der Waals surface area contributed by atoms with Crippen LogP contribution in [0.2, 0.25) is 0 Å². The molecule has 14 heavy (non-hydrogen) atoms. The van der Waals surface area contributed by atoms with Gasteiger partial charge in [0.15, 0.2) is 0 Å². The maximum absolute atomic E-state index is 5.91. The van der Waals surface area contributed by atoms with E-state index in [0.717, 1.165) is 11.4 Å². The van der Waals surface area contributed by atoms with Gasteiger partial charge in [0.05, 0.1) is 6.04 Å². The fourth-order valence-corrected chi connectivity index (χ4v) is 3.01. The molecule has 1 aliphatic carbocycles. The molecule has 0 aromatic carbocycles. The van der Waals surface area contributed by atoms with Crippen LogP contribution in [0.3, 0.4) is 0 Å². The van der Waals surface area contributed by atoms with E-state index >= 15 is 0 Å². The van der Waals surface area contributed by atoms with Gasteiger partial charge in [0, 0.05) is 5.92 Å². The van der Waals surface area contributed by atoms with Crippen LogP contribution in [0.25, 0.3) is 0 Å². The Balaban J connectivity index is 2.08. The van der Waals surface area contributed by atoms with Crippen LogP contribution < -0.4 is 5.73 Å². The van der Waals surface area contributed by atoms with E-state index in [1.807, 2.05) is 0 Å². The van der Waals surface area contributed by atoms with Crippen molar-refractivity contribution in [1.82, 2.24) is 10.2 Å². The molecule has 78 valence electrons. The van der Waals surface area contributed by atoms with Crippen LogP contribution in [0.4, 0.5) is 0 Å². The Morgan fingerprint density at radius 1 is 1.43 bits per heavy atom. The Morgan fingerprint density at radius 3 is 2.79 bits per heavy atom. The highest BCUT2D eigenvalue weighted by Crippen LogP contribution is 2.36. The molecular weight excluding hydrogens is 194 g/mol. The first-order chi connectivity index (χ1) is 6.81. The molecule has 0 radical (unpaired) electrons. The molecule has 0 aliphatic heterocycles. The SMILES string of the molecule is CCC(N)c1nnc(C2CCCC2)s1. The summed E-state index contributed by atoms with van der Waals surface area (Å²) in [6, 6.07) is 0.0858. The first kappa shape index (κ1) is 10.1. The molecule has 0 bridgehead atoms. The number of nitrogens with two attached hydrogens (primary N) is 1. The zero-order valence-electron chi connectivity index (χ0n) is 8.57. The van der Waals surface area contributed by atoms with Crippen molar-refractivity contribution in [3.8, 4) is 0 Å². The van der Waals surface area contributed by atoms with Gasteiger partial charge in [0.25, 0.3) is 0 Å². The van der Waals surface area contributed by atoms with Crippen LogP contribution in [0.15, 0.2) is 0 Å². The van der Waals surface area contributed by atoms with Crippen LogP contribution in [-0.2, 0) is 0 Å². The Kier molecular flexibility index (Phi) is 3.13. The van der Waals surface area contributed by atoms with Gasteiger partial charge in [0.2, 0.25) is 0 Å².